The smallest absolute Gasteiger partial charge is 0.229 e. The van der Waals surface area contributed by atoms with Crippen LogP contribution in [0.15, 0.2) is 72.8 Å². The molecule has 3 aromatic carbocycles. The topological polar surface area (TPSA) is 62.3 Å². The van der Waals surface area contributed by atoms with Gasteiger partial charge in [-0.25, -0.2) is 4.98 Å². The molecule has 0 radical (unpaired) electrons. The third-order valence-electron chi connectivity index (χ3n) is 5.86. The van der Waals surface area contributed by atoms with E-state index in [4.69, 9.17) is 4.98 Å². The van der Waals surface area contributed by atoms with E-state index in [1.807, 2.05) is 72.8 Å². The van der Waals surface area contributed by atoms with E-state index < -0.39 is 5.92 Å². The molecular weight excluding hydrogens is 418 g/mol. The maximum Gasteiger partial charge on any atom is 0.229 e. The number of benzene rings is 3. The Labute approximate surface area is 190 Å². The number of fused-ring (bicyclic) bond motifs is 1. The fourth-order valence-corrected chi connectivity index (χ4v) is 5.05. The van der Waals surface area contributed by atoms with E-state index in [1.54, 1.807) is 16.2 Å². The fourth-order valence-electron chi connectivity index (χ4n) is 4.05. The van der Waals surface area contributed by atoms with Crippen molar-refractivity contribution in [3.63, 3.8) is 0 Å². The lowest BCUT2D eigenvalue weighted by molar-refractivity contribution is -0.122. The second-order valence-corrected chi connectivity index (χ2v) is 8.98. The fraction of sp³-hybridized carbons (Fsp3) is 0.192. The van der Waals surface area contributed by atoms with Crippen molar-refractivity contribution in [3.8, 4) is 10.6 Å². The van der Waals surface area contributed by atoms with Gasteiger partial charge in [-0.2, -0.15) is 0 Å². The van der Waals surface area contributed by atoms with Crippen LogP contribution in [-0.4, -0.2) is 23.3 Å². The van der Waals surface area contributed by atoms with Gasteiger partial charge in [-0.1, -0.05) is 43.3 Å². The maximum atomic E-state index is 13.1. The lowest BCUT2D eigenvalue weighted by atomic mass is 10.1. The van der Waals surface area contributed by atoms with Crippen LogP contribution in [0.5, 0.6) is 0 Å². The minimum atomic E-state index is -0.392. The molecule has 4 aromatic rings. The molecule has 1 saturated heterocycles. The molecule has 5 nitrogen and oxygen atoms in total. The number of carbonyl (C=O) groups excluding carboxylic acids is 2. The van der Waals surface area contributed by atoms with Gasteiger partial charge in [-0.15, -0.1) is 11.3 Å². The molecule has 1 aliphatic rings. The molecule has 0 aliphatic carbocycles. The molecule has 2 amide bonds. The predicted octanol–water partition coefficient (Wildman–Crippen LogP) is 5.52. The van der Waals surface area contributed by atoms with Crippen LogP contribution in [0.3, 0.4) is 0 Å². The van der Waals surface area contributed by atoms with Crippen LogP contribution in [0.2, 0.25) is 0 Å². The zero-order valence-corrected chi connectivity index (χ0v) is 18.6. The van der Waals surface area contributed by atoms with E-state index in [2.05, 4.69) is 12.2 Å². The molecule has 1 N–H and O–H groups in total. The Morgan fingerprint density at radius 2 is 1.81 bits per heavy atom. The van der Waals surface area contributed by atoms with Crippen molar-refractivity contribution >= 4 is 44.7 Å². The summed E-state index contributed by atoms with van der Waals surface area (Å²) in [6.07, 6.45) is 1.16. The number of aryl methyl sites for hydroxylation is 1. The molecule has 0 bridgehead atoms. The minimum absolute atomic E-state index is 0.0196. The highest BCUT2D eigenvalue weighted by Gasteiger charge is 2.35. The lowest BCUT2D eigenvalue weighted by Crippen LogP contribution is -2.28. The van der Waals surface area contributed by atoms with Gasteiger partial charge in [0.25, 0.3) is 0 Å². The first-order valence-corrected chi connectivity index (χ1v) is 11.6. The van der Waals surface area contributed by atoms with E-state index >= 15 is 0 Å². The summed E-state index contributed by atoms with van der Waals surface area (Å²) >= 11 is 1.60. The highest BCUT2D eigenvalue weighted by Crippen LogP contribution is 2.35. The van der Waals surface area contributed by atoms with E-state index in [0.29, 0.717) is 6.54 Å². The van der Waals surface area contributed by atoms with E-state index in [1.165, 1.54) is 5.56 Å². The van der Waals surface area contributed by atoms with Crippen LogP contribution >= 0.6 is 11.3 Å². The number of hydrogen-bond acceptors (Lipinski definition) is 4. The van der Waals surface area contributed by atoms with Crippen molar-refractivity contribution in [1.29, 1.82) is 0 Å². The third-order valence-corrected chi connectivity index (χ3v) is 6.93. The largest absolute Gasteiger partial charge is 0.325 e. The van der Waals surface area contributed by atoms with Crippen LogP contribution in [-0.2, 0) is 16.0 Å². The summed E-state index contributed by atoms with van der Waals surface area (Å²) in [5.41, 5.74) is 4.62. The van der Waals surface area contributed by atoms with Crippen LogP contribution in [0.4, 0.5) is 11.4 Å². The second-order valence-electron chi connectivity index (χ2n) is 7.95. The molecule has 0 spiro atoms. The summed E-state index contributed by atoms with van der Waals surface area (Å²) in [4.78, 5) is 32.2. The number of para-hydroxylation sites is 2. The monoisotopic (exact) mass is 441 g/mol. The Balaban J connectivity index is 1.35. The molecule has 2 heterocycles. The number of nitrogens with zero attached hydrogens (tertiary/aromatic N) is 2. The Hall–Kier alpha value is -3.51. The summed E-state index contributed by atoms with van der Waals surface area (Å²) in [5.74, 6) is -0.551. The van der Waals surface area contributed by atoms with E-state index in [-0.39, 0.29) is 18.2 Å². The molecule has 1 atom stereocenters. The van der Waals surface area contributed by atoms with Crippen LogP contribution in [0, 0.1) is 5.92 Å². The summed E-state index contributed by atoms with van der Waals surface area (Å²) in [6, 6.07) is 23.7. The van der Waals surface area contributed by atoms with Crippen LogP contribution in [0.25, 0.3) is 20.8 Å². The van der Waals surface area contributed by atoms with Gasteiger partial charge in [0.05, 0.1) is 21.8 Å². The van der Waals surface area contributed by atoms with Gasteiger partial charge in [0, 0.05) is 24.2 Å². The molecular formula is C26H23N3O2S. The van der Waals surface area contributed by atoms with Gasteiger partial charge in [0.15, 0.2) is 0 Å². The average Bonchev–Trinajstić information content (AvgIpc) is 3.43. The average molecular weight is 442 g/mol. The molecule has 6 heteroatoms. The van der Waals surface area contributed by atoms with Gasteiger partial charge >= 0.3 is 0 Å². The van der Waals surface area contributed by atoms with Crippen LogP contribution < -0.4 is 10.2 Å². The quantitative estimate of drug-likeness (QED) is 0.444. The summed E-state index contributed by atoms with van der Waals surface area (Å²) < 4.78 is 1.11. The highest BCUT2D eigenvalue weighted by molar-refractivity contribution is 7.21. The number of rotatable bonds is 5. The van der Waals surface area contributed by atoms with Gasteiger partial charge < -0.3 is 10.2 Å². The first-order chi connectivity index (χ1) is 15.6. The SMILES string of the molecule is CCc1ccc(N2CC(C(=O)Nc3ccccc3-c3nc4ccccc4s3)CC2=O)cc1. The summed E-state index contributed by atoms with van der Waals surface area (Å²) in [6.45, 7) is 2.49. The van der Waals surface area contributed by atoms with Crippen molar-refractivity contribution in [2.45, 2.75) is 19.8 Å². The normalized spacial score (nSPS) is 16.0. The number of hydrogen-bond donors (Lipinski definition) is 1. The third kappa shape index (κ3) is 3.89. The molecule has 1 aliphatic heterocycles. The standard InChI is InChI=1S/C26H23N3O2S/c1-2-17-11-13-19(14-12-17)29-16-18(15-24(29)30)25(31)27-21-8-4-3-7-20(21)26-28-22-9-5-6-10-23(22)32-26/h3-14,18H,2,15-16H2,1H3,(H,27,31). The van der Waals surface area contributed by atoms with E-state index in [9.17, 15) is 9.59 Å². The van der Waals surface area contributed by atoms with Gasteiger partial charge in [-0.05, 0) is 48.4 Å². The Bertz CT molecular complexity index is 1260. The highest BCUT2D eigenvalue weighted by atomic mass is 32.1. The number of thiazole rings is 1. The van der Waals surface area contributed by atoms with Crippen molar-refractivity contribution in [1.82, 2.24) is 4.98 Å². The molecule has 0 saturated carbocycles. The molecule has 32 heavy (non-hydrogen) atoms. The summed E-state index contributed by atoms with van der Waals surface area (Å²) in [5, 5.41) is 3.92. The van der Waals surface area contributed by atoms with Gasteiger partial charge in [-0.3, -0.25) is 9.59 Å². The minimum Gasteiger partial charge on any atom is -0.325 e. The molecule has 1 fully saturated rings. The van der Waals surface area contributed by atoms with Gasteiger partial charge in [0.2, 0.25) is 11.8 Å². The van der Waals surface area contributed by atoms with Crippen molar-refractivity contribution in [2.24, 2.45) is 5.92 Å². The number of nitrogens with one attached hydrogen (secondary N) is 1. The number of carbonyl (C=O) groups is 2. The zero-order chi connectivity index (χ0) is 22.1. The van der Waals surface area contributed by atoms with Crippen molar-refractivity contribution in [3.05, 3.63) is 78.4 Å². The molecule has 1 aromatic heterocycles. The first-order valence-electron chi connectivity index (χ1n) is 10.8. The summed E-state index contributed by atoms with van der Waals surface area (Å²) in [7, 11) is 0. The van der Waals surface area contributed by atoms with Gasteiger partial charge in [0.1, 0.15) is 5.01 Å². The Kier molecular flexibility index (Phi) is 5.45. The predicted molar refractivity (Wildman–Crippen MR) is 130 cm³/mol. The molecule has 5 rings (SSSR count). The van der Waals surface area contributed by atoms with E-state index in [0.717, 1.165) is 38.6 Å². The molecule has 1 unspecified atom stereocenters. The maximum absolute atomic E-state index is 13.1. The first kappa shape index (κ1) is 20.4. The van der Waals surface area contributed by atoms with Crippen LogP contribution in [0.1, 0.15) is 18.9 Å². The lowest BCUT2D eigenvalue weighted by Gasteiger charge is -2.17. The number of amides is 2. The second kappa shape index (κ2) is 8.55. The number of anilines is 2. The number of aromatic nitrogens is 1. The van der Waals surface area contributed by atoms with Crippen molar-refractivity contribution < 1.29 is 9.59 Å². The Morgan fingerprint density at radius 3 is 2.59 bits per heavy atom. The van der Waals surface area contributed by atoms with Crippen molar-refractivity contribution in [2.75, 3.05) is 16.8 Å². The molecule has 160 valence electrons. The zero-order valence-electron chi connectivity index (χ0n) is 17.7. The Morgan fingerprint density at radius 1 is 1.06 bits per heavy atom.